The lowest BCUT2D eigenvalue weighted by Gasteiger charge is -2.38. The number of carbonyl (C=O) groups is 2. The van der Waals surface area contributed by atoms with E-state index in [2.05, 4.69) is 34.5 Å². The third kappa shape index (κ3) is 3.93. The number of hydrogen-bond acceptors (Lipinski definition) is 3. The second-order valence-electron chi connectivity index (χ2n) is 7.40. The van der Waals surface area contributed by atoms with Gasteiger partial charge in [-0.15, -0.1) is 0 Å². The van der Waals surface area contributed by atoms with Crippen LogP contribution in [0.3, 0.4) is 0 Å². The molecule has 152 valence electrons. The number of anilines is 1. The summed E-state index contributed by atoms with van der Waals surface area (Å²) in [5, 5.41) is 11.3. The van der Waals surface area contributed by atoms with E-state index in [1.165, 1.54) is 11.1 Å². The van der Waals surface area contributed by atoms with Gasteiger partial charge in [0, 0.05) is 37.9 Å². The molecule has 2 aromatic carbocycles. The van der Waals surface area contributed by atoms with Gasteiger partial charge >= 0.3 is 12.0 Å². The zero-order chi connectivity index (χ0) is 20.5. The number of nitrogens with one attached hydrogen (secondary N) is 1. The predicted molar refractivity (Wildman–Crippen MR) is 103 cm³/mol. The molecule has 0 saturated carbocycles. The fraction of sp³-hybridized carbons (Fsp3) is 0.333. The van der Waals surface area contributed by atoms with Crippen LogP contribution >= 0.6 is 0 Å². The topological polar surface area (TPSA) is 72.9 Å². The first kappa shape index (κ1) is 19.3. The second kappa shape index (κ2) is 7.79. The van der Waals surface area contributed by atoms with Crippen molar-refractivity contribution in [2.75, 3.05) is 31.5 Å². The smallest absolute Gasteiger partial charge is 0.341 e. The molecule has 4 rings (SSSR count). The van der Waals surface area contributed by atoms with E-state index in [0.717, 1.165) is 38.1 Å². The quantitative estimate of drug-likeness (QED) is 0.830. The van der Waals surface area contributed by atoms with Crippen LogP contribution in [0.5, 0.6) is 0 Å². The molecule has 2 amide bonds. The summed E-state index contributed by atoms with van der Waals surface area (Å²) in [5.41, 5.74) is 1.62. The van der Waals surface area contributed by atoms with Crippen LogP contribution in [0.2, 0.25) is 0 Å². The first-order valence-corrected chi connectivity index (χ1v) is 9.51. The Morgan fingerprint density at radius 1 is 0.966 bits per heavy atom. The highest BCUT2D eigenvalue weighted by molar-refractivity contribution is 5.92. The first-order valence-electron chi connectivity index (χ1n) is 9.51. The van der Waals surface area contributed by atoms with Crippen LogP contribution in [0.1, 0.15) is 21.5 Å². The molecular formula is C21H21F2N3O3. The Kier molecular flexibility index (Phi) is 5.19. The van der Waals surface area contributed by atoms with Crippen molar-refractivity contribution in [3.05, 3.63) is 64.7 Å². The molecule has 0 unspecified atom stereocenters. The van der Waals surface area contributed by atoms with Gasteiger partial charge in [-0.1, -0.05) is 24.3 Å². The van der Waals surface area contributed by atoms with Gasteiger partial charge in [-0.05, 0) is 36.1 Å². The number of carboxylic acids is 1. The summed E-state index contributed by atoms with van der Waals surface area (Å²) in [4.78, 5) is 27.3. The van der Waals surface area contributed by atoms with Gasteiger partial charge in [-0.3, -0.25) is 4.90 Å². The largest absolute Gasteiger partial charge is 0.477 e. The highest BCUT2D eigenvalue weighted by atomic mass is 19.1. The van der Waals surface area contributed by atoms with E-state index in [1.54, 1.807) is 4.90 Å². The number of amides is 2. The van der Waals surface area contributed by atoms with Crippen LogP contribution in [0.15, 0.2) is 36.4 Å². The van der Waals surface area contributed by atoms with Gasteiger partial charge in [0.2, 0.25) is 0 Å². The van der Waals surface area contributed by atoms with Gasteiger partial charge in [0.1, 0.15) is 17.2 Å². The molecule has 1 saturated heterocycles. The zero-order valence-electron chi connectivity index (χ0n) is 15.7. The Bertz CT molecular complexity index is 910. The van der Waals surface area contributed by atoms with Gasteiger partial charge in [0.25, 0.3) is 0 Å². The summed E-state index contributed by atoms with van der Waals surface area (Å²) in [6, 6.07) is 10.0. The average Bonchev–Trinajstić information content (AvgIpc) is 3.11. The number of nitrogens with zero attached hydrogens (tertiary/aromatic N) is 2. The van der Waals surface area contributed by atoms with Crippen molar-refractivity contribution in [3.63, 3.8) is 0 Å². The van der Waals surface area contributed by atoms with Gasteiger partial charge in [-0.2, -0.15) is 0 Å². The lowest BCUT2D eigenvalue weighted by molar-refractivity contribution is 0.0686. The van der Waals surface area contributed by atoms with E-state index < -0.39 is 29.2 Å². The number of urea groups is 1. The highest BCUT2D eigenvalue weighted by Crippen LogP contribution is 2.26. The SMILES string of the molecule is O=C(O)c1c(F)cc(NC(=O)N2CCN(C3Cc4ccccc4C3)CC2)cc1F. The maximum atomic E-state index is 13.8. The molecular weight excluding hydrogens is 380 g/mol. The summed E-state index contributed by atoms with van der Waals surface area (Å²) in [6.07, 6.45) is 2.02. The number of fused-ring (bicyclic) bond motifs is 1. The number of piperazine rings is 1. The Morgan fingerprint density at radius 2 is 1.52 bits per heavy atom. The summed E-state index contributed by atoms with van der Waals surface area (Å²) in [5.74, 6) is -4.14. The molecule has 6 nitrogen and oxygen atoms in total. The number of carboxylic acid groups (broad SMARTS) is 1. The average molecular weight is 401 g/mol. The van der Waals surface area contributed by atoms with Crippen molar-refractivity contribution in [3.8, 4) is 0 Å². The van der Waals surface area contributed by atoms with E-state index in [9.17, 15) is 18.4 Å². The van der Waals surface area contributed by atoms with Crippen molar-refractivity contribution in [2.24, 2.45) is 0 Å². The van der Waals surface area contributed by atoms with Gasteiger partial charge in [0.15, 0.2) is 0 Å². The fourth-order valence-electron chi connectivity index (χ4n) is 4.14. The van der Waals surface area contributed by atoms with Crippen molar-refractivity contribution in [1.82, 2.24) is 9.80 Å². The van der Waals surface area contributed by atoms with Crippen LogP contribution in [0, 0.1) is 11.6 Å². The lowest BCUT2D eigenvalue weighted by Crippen LogP contribution is -2.53. The molecule has 0 aromatic heterocycles. The first-order chi connectivity index (χ1) is 13.9. The summed E-state index contributed by atoms with van der Waals surface area (Å²) in [6.45, 7) is 2.48. The molecule has 8 heteroatoms. The Hall–Kier alpha value is -3.00. The van der Waals surface area contributed by atoms with Crippen molar-refractivity contribution in [2.45, 2.75) is 18.9 Å². The zero-order valence-corrected chi connectivity index (χ0v) is 15.7. The van der Waals surface area contributed by atoms with Crippen LogP contribution < -0.4 is 5.32 Å². The van der Waals surface area contributed by atoms with Crippen LogP contribution in [0.4, 0.5) is 19.3 Å². The van der Waals surface area contributed by atoms with Crippen LogP contribution in [0.25, 0.3) is 0 Å². The third-order valence-electron chi connectivity index (χ3n) is 5.65. The molecule has 0 atom stereocenters. The minimum absolute atomic E-state index is 0.108. The molecule has 0 radical (unpaired) electrons. The molecule has 1 aliphatic carbocycles. The number of aromatic carboxylic acids is 1. The van der Waals surface area contributed by atoms with Gasteiger partial charge in [0.05, 0.1) is 0 Å². The fourth-order valence-corrected chi connectivity index (χ4v) is 4.14. The van der Waals surface area contributed by atoms with E-state index in [4.69, 9.17) is 5.11 Å². The van der Waals surface area contributed by atoms with Gasteiger partial charge in [-0.25, -0.2) is 18.4 Å². The predicted octanol–water partition coefficient (Wildman–Crippen LogP) is 2.98. The molecule has 0 bridgehead atoms. The maximum absolute atomic E-state index is 13.8. The molecule has 2 N–H and O–H groups in total. The number of carbonyl (C=O) groups excluding carboxylic acids is 1. The van der Waals surface area contributed by atoms with Crippen LogP contribution in [-0.2, 0) is 12.8 Å². The molecule has 2 aromatic rings. The van der Waals surface area contributed by atoms with Crippen LogP contribution in [-0.4, -0.2) is 59.1 Å². The number of rotatable bonds is 3. The lowest BCUT2D eigenvalue weighted by atomic mass is 10.1. The summed E-state index contributed by atoms with van der Waals surface area (Å²) in [7, 11) is 0. The van der Waals surface area contributed by atoms with E-state index in [1.807, 2.05) is 0 Å². The number of halogens is 2. The maximum Gasteiger partial charge on any atom is 0.341 e. The normalized spacial score (nSPS) is 17.2. The molecule has 2 aliphatic rings. The molecule has 0 spiro atoms. The van der Waals surface area contributed by atoms with Crippen molar-refractivity contribution >= 4 is 17.7 Å². The Labute approximate surface area is 166 Å². The monoisotopic (exact) mass is 401 g/mol. The van der Waals surface area contributed by atoms with Gasteiger partial charge < -0.3 is 15.3 Å². The second-order valence-corrected chi connectivity index (χ2v) is 7.40. The highest BCUT2D eigenvalue weighted by Gasteiger charge is 2.30. The number of benzene rings is 2. The molecule has 1 aliphatic heterocycles. The van der Waals surface area contributed by atoms with E-state index >= 15 is 0 Å². The Balaban J connectivity index is 1.34. The standard InChI is InChI=1S/C21H21F2N3O3/c22-17-11-15(12-18(23)19(17)20(27)28)24-21(29)26-7-5-25(6-8-26)16-9-13-3-1-2-4-14(13)10-16/h1-4,11-12,16H,5-10H2,(H,24,29)(H,27,28). The minimum atomic E-state index is -1.69. The third-order valence-corrected chi connectivity index (χ3v) is 5.65. The van der Waals surface area contributed by atoms with Crippen molar-refractivity contribution in [1.29, 1.82) is 0 Å². The molecule has 1 fully saturated rings. The number of hydrogen-bond donors (Lipinski definition) is 2. The molecule has 29 heavy (non-hydrogen) atoms. The molecule has 1 heterocycles. The van der Waals surface area contributed by atoms with E-state index in [-0.39, 0.29) is 5.69 Å². The Morgan fingerprint density at radius 3 is 2.03 bits per heavy atom. The summed E-state index contributed by atoms with van der Waals surface area (Å²) < 4.78 is 27.6. The minimum Gasteiger partial charge on any atom is -0.477 e. The van der Waals surface area contributed by atoms with Crippen molar-refractivity contribution < 1.29 is 23.5 Å². The summed E-state index contributed by atoms with van der Waals surface area (Å²) >= 11 is 0. The van der Waals surface area contributed by atoms with E-state index in [0.29, 0.717) is 19.1 Å².